The van der Waals surface area contributed by atoms with Crippen LogP contribution >= 0.6 is 11.6 Å². The first-order valence-electron chi connectivity index (χ1n) is 4.10. The van der Waals surface area contributed by atoms with Crippen molar-refractivity contribution >= 4 is 27.5 Å². The molecule has 90 valence electrons. The van der Waals surface area contributed by atoms with E-state index in [1.807, 2.05) is 4.72 Å². The maximum absolute atomic E-state index is 11.3. The number of rotatable bonds is 2. The van der Waals surface area contributed by atoms with Crippen LogP contribution in [0.25, 0.3) is 0 Å². The zero-order chi connectivity index (χ0) is 12.8. The van der Waals surface area contributed by atoms with Crippen molar-refractivity contribution in [2.75, 3.05) is 12.6 Å². The number of aromatic nitrogens is 2. The lowest BCUT2D eigenvalue weighted by molar-refractivity contribution is -0.731. The molecule has 0 aromatic carbocycles. The molecule has 0 atom stereocenters. The van der Waals surface area contributed by atoms with Gasteiger partial charge >= 0.3 is 0 Å². The summed E-state index contributed by atoms with van der Waals surface area (Å²) in [6.07, 6.45) is 5.24. The summed E-state index contributed by atoms with van der Waals surface area (Å²) in [4.78, 5) is 11.3. The zero-order valence-electron chi connectivity index (χ0n) is 9.14. The first kappa shape index (κ1) is 14.8. The third-order valence-corrected chi connectivity index (χ3v) is 1.93. The van der Waals surface area contributed by atoms with Crippen LogP contribution < -0.4 is 9.40 Å². The summed E-state index contributed by atoms with van der Waals surface area (Å²) in [5, 5.41) is 3.81. The van der Waals surface area contributed by atoms with Crippen LogP contribution in [0.5, 0.6) is 0 Å². The predicted octanol–water partition coefficient (Wildman–Crippen LogP) is -0.549. The molecular formula is C8H13ClN3O3S+. The Balaban J connectivity index is 0.00000106. The molecule has 0 spiro atoms. The van der Waals surface area contributed by atoms with Gasteiger partial charge in [-0.15, -0.1) is 11.6 Å². The van der Waals surface area contributed by atoms with Crippen molar-refractivity contribution < 1.29 is 17.9 Å². The number of hydrogen-bond donors (Lipinski definition) is 1. The summed E-state index contributed by atoms with van der Waals surface area (Å²) in [7, 11) is -1.88. The quantitative estimate of drug-likeness (QED) is 0.575. The van der Waals surface area contributed by atoms with Crippen molar-refractivity contribution in [1.29, 1.82) is 0 Å². The Morgan fingerprint density at radius 2 is 2.06 bits per heavy atom. The van der Waals surface area contributed by atoms with Crippen molar-refractivity contribution in [3.63, 3.8) is 0 Å². The van der Waals surface area contributed by atoms with Gasteiger partial charge in [0.15, 0.2) is 7.05 Å². The fourth-order valence-corrected chi connectivity index (χ4v) is 1.31. The van der Waals surface area contributed by atoms with E-state index in [-0.39, 0.29) is 5.56 Å². The molecule has 0 aliphatic rings. The van der Waals surface area contributed by atoms with E-state index in [9.17, 15) is 13.2 Å². The van der Waals surface area contributed by atoms with Gasteiger partial charge in [0.05, 0.1) is 12.5 Å². The number of aryl methyl sites for hydroxylation is 1. The van der Waals surface area contributed by atoms with E-state index in [2.05, 4.69) is 16.7 Å². The van der Waals surface area contributed by atoms with E-state index in [0.29, 0.717) is 0 Å². The van der Waals surface area contributed by atoms with Gasteiger partial charge in [0.1, 0.15) is 5.56 Å². The normalized spacial score (nSPS) is 10.0. The Morgan fingerprint density at radius 3 is 2.50 bits per heavy atom. The Hall–Kier alpha value is -1.21. The average Bonchev–Trinajstić information content (AvgIpc) is 2.18. The van der Waals surface area contributed by atoms with Gasteiger partial charge in [-0.05, 0) is 11.2 Å². The molecule has 1 rings (SSSR count). The number of amides is 1. The highest BCUT2D eigenvalue weighted by atomic mass is 35.5. The number of halogens is 1. The molecule has 0 bridgehead atoms. The van der Waals surface area contributed by atoms with Gasteiger partial charge in [0.2, 0.25) is 16.2 Å². The van der Waals surface area contributed by atoms with E-state index in [4.69, 9.17) is 0 Å². The fraction of sp³-hybridized carbons (Fsp3) is 0.375. The zero-order valence-corrected chi connectivity index (χ0v) is 10.7. The Morgan fingerprint density at radius 1 is 1.50 bits per heavy atom. The molecule has 8 heteroatoms. The number of nitrogens with zero attached hydrogens (tertiary/aromatic N) is 2. The minimum Gasteiger partial charge on any atom is -0.268 e. The molecule has 0 aliphatic heterocycles. The number of carbonyl (C=O) groups excluding carboxylic acids is 1. The summed E-state index contributed by atoms with van der Waals surface area (Å²) in [5.41, 5.74) is 0.243. The third kappa shape index (κ3) is 5.62. The highest BCUT2D eigenvalue weighted by Crippen LogP contribution is 1.93. The molecule has 0 unspecified atom stereocenters. The van der Waals surface area contributed by atoms with Crippen LogP contribution in [0.2, 0.25) is 0 Å². The van der Waals surface area contributed by atoms with Gasteiger partial charge in [-0.2, -0.15) is 0 Å². The largest absolute Gasteiger partial charge is 0.270 e. The van der Waals surface area contributed by atoms with Crippen LogP contribution in [0.3, 0.4) is 0 Å². The van der Waals surface area contributed by atoms with E-state index in [1.54, 1.807) is 7.05 Å². The molecule has 0 saturated heterocycles. The van der Waals surface area contributed by atoms with Gasteiger partial charge in [0.25, 0.3) is 5.91 Å². The Kier molecular flexibility index (Phi) is 5.91. The lowest BCUT2D eigenvalue weighted by Gasteiger charge is -1.99. The second kappa shape index (κ2) is 6.39. The first-order valence-corrected chi connectivity index (χ1v) is 6.75. The van der Waals surface area contributed by atoms with E-state index >= 15 is 0 Å². The summed E-state index contributed by atoms with van der Waals surface area (Å²) >= 11 is 4.64. The van der Waals surface area contributed by atoms with Crippen molar-refractivity contribution in [1.82, 2.24) is 9.82 Å². The molecule has 1 aromatic heterocycles. The first-order chi connectivity index (χ1) is 7.38. The number of sulfonamides is 1. The molecular weight excluding hydrogens is 254 g/mol. The van der Waals surface area contributed by atoms with Crippen LogP contribution in [0.4, 0.5) is 0 Å². The molecule has 0 saturated carbocycles. The van der Waals surface area contributed by atoms with E-state index in [0.717, 1.165) is 6.26 Å². The average molecular weight is 267 g/mol. The van der Waals surface area contributed by atoms with Gasteiger partial charge in [-0.25, -0.2) is 13.1 Å². The second-order valence-corrected chi connectivity index (χ2v) is 4.54. The highest BCUT2D eigenvalue weighted by molar-refractivity contribution is 7.89. The Labute approximate surface area is 99.3 Å². The molecule has 1 aromatic rings. The Bertz CT molecular complexity index is 461. The van der Waals surface area contributed by atoms with Gasteiger partial charge in [-0.3, -0.25) is 4.79 Å². The van der Waals surface area contributed by atoms with Crippen molar-refractivity contribution in [3.05, 3.63) is 24.0 Å². The third-order valence-electron chi connectivity index (χ3n) is 1.37. The van der Waals surface area contributed by atoms with Crippen LogP contribution in [0.15, 0.2) is 18.5 Å². The molecule has 6 nitrogen and oxygen atoms in total. The van der Waals surface area contributed by atoms with Crippen LogP contribution in [0.1, 0.15) is 10.4 Å². The standard InChI is InChI=1S/C7H9N3O3S.CH3Cl/c1-10-5-6(3-4-8-10)7(11)9-14(2,12)13;1-2/h3-5H,1-2H3;1H3/p+1. The van der Waals surface area contributed by atoms with Crippen LogP contribution in [-0.2, 0) is 17.1 Å². The lowest BCUT2D eigenvalue weighted by Crippen LogP contribution is -2.36. The summed E-state index contributed by atoms with van der Waals surface area (Å²) in [5.74, 6) is -0.662. The molecule has 0 radical (unpaired) electrons. The maximum atomic E-state index is 11.3. The van der Waals surface area contributed by atoms with Crippen molar-refractivity contribution in [3.8, 4) is 0 Å². The monoisotopic (exact) mass is 266 g/mol. The number of carbonyl (C=O) groups is 1. The summed E-state index contributed by atoms with van der Waals surface area (Å²) in [6, 6.07) is 1.43. The topological polar surface area (TPSA) is 80.0 Å². The molecule has 1 heterocycles. The predicted molar refractivity (Wildman–Crippen MR) is 59.5 cm³/mol. The smallest absolute Gasteiger partial charge is 0.268 e. The second-order valence-electron chi connectivity index (χ2n) is 2.79. The summed E-state index contributed by atoms with van der Waals surface area (Å²) < 4.78 is 24.8. The van der Waals surface area contributed by atoms with Crippen LogP contribution in [0, 0.1) is 0 Å². The molecule has 1 N–H and O–H groups in total. The molecule has 16 heavy (non-hydrogen) atoms. The number of alkyl halides is 1. The molecule has 0 aliphatic carbocycles. The van der Waals surface area contributed by atoms with E-state index < -0.39 is 15.9 Å². The van der Waals surface area contributed by atoms with Crippen LogP contribution in [-0.4, -0.2) is 32.1 Å². The van der Waals surface area contributed by atoms with Gasteiger partial charge in [0, 0.05) is 6.38 Å². The highest BCUT2D eigenvalue weighted by Gasteiger charge is 2.13. The van der Waals surface area contributed by atoms with Crippen molar-refractivity contribution in [2.24, 2.45) is 7.05 Å². The van der Waals surface area contributed by atoms with Gasteiger partial charge < -0.3 is 0 Å². The maximum Gasteiger partial charge on any atom is 0.270 e. The molecule has 0 fully saturated rings. The van der Waals surface area contributed by atoms with Gasteiger partial charge in [-0.1, -0.05) is 4.68 Å². The number of hydrogen-bond acceptors (Lipinski definition) is 4. The minimum atomic E-state index is -3.51. The SMILES string of the molecule is CCl.C[n+]1cc(C(=O)NS(C)(=O)=O)ccn1. The minimum absolute atomic E-state index is 0.243. The summed E-state index contributed by atoms with van der Waals surface area (Å²) in [6.45, 7) is 0. The van der Waals surface area contributed by atoms with Crippen molar-refractivity contribution in [2.45, 2.75) is 0 Å². The van der Waals surface area contributed by atoms with E-state index in [1.165, 1.54) is 29.5 Å². The number of nitrogens with one attached hydrogen (secondary N) is 1. The lowest BCUT2D eigenvalue weighted by atomic mass is 10.3. The molecule has 1 amide bonds. The fourth-order valence-electron chi connectivity index (χ4n) is 0.858.